The summed E-state index contributed by atoms with van der Waals surface area (Å²) in [5.41, 5.74) is 8.85. The Morgan fingerprint density at radius 2 is 1.82 bits per heavy atom. The molecule has 0 radical (unpaired) electrons. The largest absolute Gasteiger partial charge is 0.398 e. The second kappa shape index (κ2) is 5.03. The molecule has 0 amide bonds. The number of nitrogens with two attached hydrogens (primary N) is 1. The number of hydrogen-bond acceptors (Lipinski definition) is 2. The predicted octanol–water partition coefficient (Wildman–Crippen LogP) is 4.69. The molecule has 0 fully saturated rings. The molecule has 0 atom stereocenters. The van der Waals surface area contributed by atoms with E-state index in [-0.39, 0.29) is 0 Å². The molecule has 0 heterocycles. The van der Waals surface area contributed by atoms with E-state index in [0.29, 0.717) is 10.7 Å². The molecule has 0 aromatic heterocycles. The van der Waals surface area contributed by atoms with Gasteiger partial charge < -0.3 is 5.73 Å². The molecule has 0 aliphatic heterocycles. The molecular formula is C14H14ClNS. The summed E-state index contributed by atoms with van der Waals surface area (Å²) in [5.74, 6) is 0. The maximum Gasteiger partial charge on any atom is 0.0646 e. The van der Waals surface area contributed by atoms with Crippen molar-refractivity contribution in [3.8, 4) is 0 Å². The lowest BCUT2D eigenvalue weighted by atomic mass is 10.2. The molecule has 88 valence electrons. The van der Waals surface area contributed by atoms with Crippen LogP contribution in [-0.4, -0.2) is 0 Å². The fraction of sp³-hybridized carbons (Fsp3) is 0.143. The first kappa shape index (κ1) is 12.3. The quantitative estimate of drug-likeness (QED) is 0.796. The van der Waals surface area contributed by atoms with Gasteiger partial charge in [-0.2, -0.15) is 0 Å². The monoisotopic (exact) mass is 263 g/mol. The van der Waals surface area contributed by atoms with Crippen molar-refractivity contribution >= 4 is 29.1 Å². The number of rotatable bonds is 2. The molecule has 0 saturated carbocycles. The Labute approximate surface area is 111 Å². The molecule has 0 saturated heterocycles. The minimum Gasteiger partial charge on any atom is -0.398 e. The summed E-state index contributed by atoms with van der Waals surface area (Å²) < 4.78 is 0. The molecule has 2 aromatic rings. The van der Waals surface area contributed by atoms with E-state index in [1.807, 2.05) is 18.2 Å². The van der Waals surface area contributed by atoms with Gasteiger partial charge in [0, 0.05) is 9.79 Å². The van der Waals surface area contributed by atoms with Gasteiger partial charge in [0.1, 0.15) is 0 Å². The molecular weight excluding hydrogens is 250 g/mol. The second-order valence-corrected chi connectivity index (χ2v) is 5.58. The van der Waals surface area contributed by atoms with Gasteiger partial charge in [-0.25, -0.2) is 0 Å². The summed E-state index contributed by atoms with van der Waals surface area (Å²) in [6, 6.07) is 12.2. The van der Waals surface area contributed by atoms with Crippen LogP contribution in [0.4, 0.5) is 5.69 Å². The molecule has 1 nitrogen and oxygen atoms in total. The van der Waals surface area contributed by atoms with Crippen molar-refractivity contribution in [1.82, 2.24) is 0 Å². The molecule has 3 heteroatoms. The molecule has 2 rings (SSSR count). The lowest BCUT2D eigenvalue weighted by Gasteiger charge is -2.07. The van der Waals surface area contributed by atoms with Crippen LogP contribution in [0.3, 0.4) is 0 Å². The number of halogens is 1. The van der Waals surface area contributed by atoms with Gasteiger partial charge in [-0.05, 0) is 49.2 Å². The molecule has 0 unspecified atom stereocenters. The van der Waals surface area contributed by atoms with Gasteiger partial charge in [0.15, 0.2) is 0 Å². The topological polar surface area (TPSA) is 26.0 Å². The van der Waals surface area contributed by atoms with Crippen LogP contribution in [0.25, 0.3) is 0 Å². The van der Waals surface area contributed by atoms with E-state index in [0.717, 1.165) is 4.90 Å². The van der Waals surface area contributed by atoms with Crippen LogP contribution in [0.2, 0.25) is 5.02 Å². The number of hydrogen-bond donors (Lipinski definition) is 1. The summed E-state index contributed by atoms with van der Waals surface area (Å²) in [6.45, 7) is 4.21. The van der Waals surface area contributed by atoms with Crippen molar-refractivity contribution < 1.29 is 0 Å². The fourth-order valence-corrected chi connectivity index (χ4v) is 2.80. The predicted molar refractivity (Wildman–Crippen MR) is 75.9 cm³/mol. The van der Waals surface area contributed by atoms with E-state index in [1.165, 1.54) is 16.0 Å². The first-order valence-electron chi connectivity index (χ1n) is 5.36. The third-order valence-corrected chi connectivity index (χ3v) is 4.02. The molecule has 0 bridgehead atoms. The van der Waals surface area contributed by atoms with Crippen LogP contribution in [0.1, 0.15) is 11.1 Å². The van der Waals surface area contributed by atoms with Gasteiger partial charge in [0.2, 0.25) is 0 Å². The van der Waals surface area contributed by atoms with Crippen molar-refractivity contribution in [2.75, 3.05) is 5.73 Å². The van der Waals surface area contributed by atoms with Crippen molar-refractivity contribution in [2.45, 2.75) is 23.6 Å². The zero-order chi connectivity index (χ0) is 12.4. The summed E-state index contributed by atoms with van der Waals surface area (Å²) in [5, 5.41) is 0.611. The molecule has 2 N–H and O–H groups in total. The fourth-order valence-electron chi connectivity index (χ4n) is 1.52. The van der Waals surface area contributed by atoms with Gasteiger partial charge in [-0.3, -0.25) is 0 Å². The van der Waals surface area contributed by atoms with E-state index < -0.39 is 0 Å². The van der Waals surface area contributed by atoms with Crippen molar-refractivity contribution in [2.24, 2.45) is 0 Å². The third-order valence-electron chi connectivity index (χ3n) is 2.54. The van der Waals surface area contributed by atoms with E-state index in [9.17, 15) is 0 Å². The van der Waals surface area contributed by atoms with Crippen LogP contribution in [0, 0.1) is 13.8 Å². The lowest BCUT2D eigenvalue weighted by molar-refractivity contribution is 1.25. The maximum atomic E-state index is 6.01. The highest BCUT2D eigenvalue weighted by Crippen LogP contribution is 2.33. The molecule has 0 aliphatic carbocycles. The number of anilines is 1. The van der Waals surface area contributed by atoms with Crippen LogP contribution in [-0.2, 0) is 0 Å². The molecule has 0 spiro atoms. The molecule has 17 heavy (non-hydrogen) atoms. The van der Waals surface area contributed by atoms with Gasteiger partial charge in [-0.1, -0.05) is 35.5 Å². The van der Waals surface area contributed by atoms with Crippen molar-refractivity contribution in [1.29, 1.82) is 0 Å². The summed E-state index contributed by atoms with van der Waals surface area (Å²) in [7, 11) is 0. The summed E-state index contributed by atoms with van der Waals surface area (Å²) in [4.78, 5) is 2.36. The van der Waals surface area contributed by atoms with Crippen LogP contribution in [0.5, 0.6) is 0 Å². The first-order valence-corrected chi connectivity index (χ1v) is 6.56. The standard InChI is InChI=1S/C14H14ClNS/c1-9-3-4-10(2)14(7-9)17-11-5-6-13(16)12(15)8-11/h3-8H,16H2,1-2H3. The summed E-state index contributed by atoms with van der Waals surface area (Å²) in [6.07, 6.45) is 0. The summed E-state index contributed by atoms with van der Waals surface area (Å²) >= 11 is 7.72. The zero-order valence-corrected chi connectivity index (χ0v) is 11.4. The Hall–Kier alpha value is -1.12. The maximum absolute atomic E-state index is 6.01. The van der Waals surface area contributed by atoms with Crippen molar-refractivity contribution in [3.05, 3.63) is 52.5 Å². The van der Waals surface area contributed by atoms with Gasteiger partial charge in [-0.15, -0.1) is 0 Å². The average molecular weight is 264 g/mol. The number of aryl methyl sites for hydroxylation is 2. The normalized spacial score (nSPS) is 10.5. The first-order chi connectivity index (χ1) is 8.06. The number of benzene rings is 2. The Kier molecular flexibility index (Phi) is 3.65. The van der Waals surface area contributed by atoms with Crippen LogP contribution in [0.15, 0.2) is 46.2 Å². The van der Waals surface area contributed by atoms with E-state index in [1.54, 1.807) is 11.8 Å². The highest BCUT2D eigenvalue weighted by atomic mass is 35.5. The van der Waals surface area contributed by atoms with E-state index in [2.05, 4.69) is 32.0 Å². The smallest absolute Gasteiger partial charge is 0.0646 e. The molecule has 0 aliphatic rings. The zero-order valence-electron chi connectivity index (χ0n) is 9.83. The molecule has 2 aromatic carbocycles. The average Bonchev–Trinajstić information content (AvgIpc) is 2.29. The highest BCUT2D eigenvalue weighted by molar-refractivity contribution is 7.99. The van der Waals surface area contributed by atoms with E-state index >= 15 is 0 Å². The van der Waals surface area contributed by atoms with Crippen LogP contribution >= 0.6 is 23.4 Å². The van der Waals surface area contributed by atoms with Crippen molar-refractivity contribution in [3.63, 3.8) is 0 Å². The Balaban J connectivity index is 2.31. The third kappa shape index (κ3) is 2.96. The van der Waals surface area contributed by atoms with Gasteiger partial charge >= 0.3 is 0 Å². The second-order valence-electron chi connectivity index (χ2n) is 4.05. The number of nitrogen functional groups attached to an aromatic ring is 1. The Morgan fingerprint density at radius 3 is 2.53 bits per heavy atom. The Bertz CT molecular complexity index is 552. The van der Waals surface area contributed by atoms with Gasteiger partial charge in [0.25, 0.3) is 0 Å². The lowest BCUT2D eigenvalue weighted by Crippen LogP contribution is -1.86. The Morgan fingerprint density at radius 1 is 1.06 bits per heavy atom. The van der Waals surface area contributed by atoms with E-state index in [4.69, 9.17) is 17.3 Å². The highest BCUT2D eigenvalue weighted by Gasteiger charge is 2.03. The van der Waals surface area contributed by atoms with Gasteiger partial charge in [0.05, 0.1) is 10.7 Å². The minimum absolute atomic E-state index is 0.611. The minimum atomic E-state index is 0.611. The van der Waals surface area contributed by atoms with Crippen LogP contribution < -0.4 is 5.73 Å². The SMILES string of the molecule is Cc1ccc(C)c(Sc2ccc(N)c(Cl)c2)c1.